The van der Waals surface area contributed by atoms with E-state index in [1.807, 2.05) is 18.7 Å². The predicted octanol–water partition coefficient (Wildman–Crippen LogP) is 3.12. The molecule has 5 nitrogen and oxygen atoms in total. The number of amides is 1. The maximum atomic E-state index is 12.8. The molecule has 1 amide bonds. The molecule has 2 aliphatic rings. The van der Waals surface area contributed by atoms with Gasteiger partial charge in [0.05, 0.1) is 4.90 Å². The highest BCUT2D eigenvalue weighted by atomic mass is 32.2. The molecule has 25 heavy (non-hydrogen) atoms. The Hall–Kier alpha value is -1.40. The van der Waals surface area contributed by atoms with Gasteiger partial charge in [0.25, 0.3) is 5.91 Å². The molecular formula is C19H28N2O3S. The van der Waals surface area contributed by atoms with Crippen molar-refractivity contribution in [1.82, 2.24) is 9.21 Å². The molecule has 138 valence electrons. The molecule has 0 radical (unpaired) electrons. The first-order valence-corrected chi connectivity index (χ1v) is 10.7. The van der Waals surface area contributed by atoms with Gasteiger partial charge in [0.15, 0.2) is 0 Å². The molecule has 6 heteroatoms. The zero-order chi connectivity index (χ0) is 18.2. The van der Waals surface area contributed by atoms with Gasteiger partial charge in [-0.15, -0.1) is 0 Å². The van der Waals surface area contributed by atoms with E-state index in [4.69, 9.17) is 0 Å². The summed E-state index contributed by atoms with van der Waals surface area (Å²) in [5, 5.41) is 0. The van der Waals surface area contributed by atoms with Crippen LogP contribution in [0, 0.1) is 5.92 Å². The van der Waals surface area contributed by atoms with Crippen LogP contribution in [0.3, 0.4) is 0 Å². The number of hydrogen-bond donors (Lipinski definition) is 0. The minimum atomic E-state index is -3.46. The van der Waals surface area contributed by atoms with E-state index in [0.29, 0.717) is 30.6 Å². The Morgan fingerprint density at radius 3 is 2.12 bits per heavy atom. The molecule has 0 spiro atoms. The summed E-state index contributed by atoms with van der Waals surface area (Å²) < 4.78 is 27.1. The van der Waals surface area contributed by atoms with E-state index in [1.54, 1.807) is 28.6 Å². The monoisotopic (exact) mass is 364 g/mol. The molecule has 0 N–H and O–H groups in total. The first kappa shape index (κ1) is 18.4. The van der Waals surface area contributed by atoms with Crippen molar-refractivity contribution in [1.29, 1.82) is 0 Å². The molecule has 1 aromatic carbocycles. The molecule has 2 fully saturated rings. The number of rotatable bonds is 5. The van der Waals surface area contributed by atoms with Crippen molar-refractivity contribution >= 4 is 15.9 Å². The van der Waals surface area contributed by atoms with Gasteiger partial charge < -0.3 is 4.90 Å². The second-order valence-electron chi connectivity index (χ2n) is 7.65. The molecule has 3 rings (SSSR count). The highest BCUT2D eigenvalue weighted by Gasteiger charge is 2.35. The molecule has 0 aromatic heterocycles. The molecule has 1 saturated carbocycles. The van der Waals surface area contributed by atoms with Crippen molar-refractivity contribution < 1.29 is 13.2 Å². The Kier molecular flexibility index (Phi) is 5.21. The van der Waals surface area contributed by atoms with Crippen LogP contribution in [-0.2, 0) is 10.0 Å². The van der Waals surface area contributed by atoms with Gasteiger partial charge in [-0.2, -0.15) is 4.31 Å². The van der Waals surface area contributed by atoms with Crippen molar-refractivity contribution in [2.45, 2.75) is 63.4 Å². The summed E-state index contributed by atoms with van der Waals surface area (Å²) in [6, 6.07) is 6.95. The number of benzene rings is 1. The SMILES string of the molecule is CC1CCN(S(=O)(=O)c2ccc(C(=O)N(C(C)C)C3CC3)cc2)CC1. The summed E-state index contributed by atoms with van der Waals surface area (Å²) in [4.78, 5) is 14.9. The van der Waals surface area contributed by atoms with E-state index in [-0.39, 0.29) is 16.8 Å². The lowest BCUT2D eigenvalue weighted by Crippen LogP contribution is -2.39. The number of sulfonamides is 1. The summed E-state index contributed by atoms with van der Waals surface area (Å²) in [5.74, 6) is 0.573. The first-order chi connectivity index (χ1) is 11.8. The zero-order valence-corrected chi connectivity index (χ0v) is 16.1. The Morgan fingerprint density at radius 2 is 1.64 bits per heavy atom. The van der Waals surface area contributed by atoms with E-state index in [1.165, 1.54) is 0 Å². The lowest BCUT2D eigenvalue weighted by Gasteiger charge is -2.29. The highest BCUT2D eigenvalue weighted by Crippen LogP contribution is 2.30. The average molecular weight is 365 g/mol. The standard InChI is InChI=1S/C19H28N2O3S/c1-14(2)21(17-6-7-17)19(22)16-4-8-18(9-5-16)25(23,24)20-12-10-15(3)11-13-20/h4-5,8-9,14-15,17H,6-7,10-13H2,1-3H3. The van der Waals surface area contributed by atoms with Crippen LogP contribution in [0.25, 0.3) is 0 Å². The maximum Gasteiger partial charge on any atom is 0.254 e. The van der Waals surface area contributed by atoms with E-state index in [0.717, 1.165) is 25.7 Å². The molecule has 1 saturated heterocycles. The fraction of sp³-hybridized carbons (Fsp3) is 0.632. The van der Waals surface area contributed by atoms with Crippen molar-refractivity contribution in [3.63, 3.8) is 0 Å². The number of piperidine rings is 1. The Bertz CT molecular complexity index is 714. The molecule has 1 heterocycles. The van der Waals surface area contributed by atoms with Gasteiger partial charge in [-0.05, 0) is 69.7 Å². The Balaban J connectivity index is 1.76. The Morgan fingerprint density at radius 1 is 1.08 bits per heavy atom. The molecule has 0 bridgehead atoms. The lowest BCUT2D eigenvalue weighted by molar-refractivity contribution is 0.0690. The molecular weight excluding hydrogens is 336 g/mol. The summed E-state index contributed by atoms with van der Waals surface area (Å²) in [6.45, 7) is 7.35. The van der Waals surface area contributed by atoms with Crippen molar-refractivity contribution in [2.24, 2.45) is 5.92 Å². The van der Waals surface area contributed by atoms with Crippen LogP contribution in [0.2, 0.25) is 0 Å². The van der Waals surface area contributed by atoms with Crippen LogP contribution < -0.4 is 0 Å². The second kappa shape index (κ2) is 7.08. The molecule has 1 aliphatic carbocycles. The van der Waals surface area contributed by atoms with Crippen LogP contribution in [0.15, 0.2) is 29.2 Å². The van der Waals surface area contributed by atoms with Gasteiger partial charge in [0.1, 0.15) is 0 Å². The van der Waals surface area contributed by atoms with E-state index < -0.39 is 10.0 Å². The topological polar surface area (TPSA) is 57.7 Å². The van der Waals surface area contributed by atoms with Crippen molar-refractivity contribution in [3.8, 4) is 0 Å². The molecule has 0 unspecified atom stereocenters. The quantitative estimate of drug-likeness (QED) is 0.806. The predicted molar refractivity (Wildman–Crippen MR) is 97.9 cm³/mol. The van der Waals surface area contributed by atoms with Crippen molar-refractivity contribution in [3.05, 3.63) is 29.8 Å². The third kappa shape index (κ3) is 3.90. The highest BCUT2D eigenvalue weighted by molar-refractivity contribution is 7.89. The second-order valence-corrected chi connectivity index (χ2v) is 9.59. The summed E-state index contributed by atoms with van der Waals surface area (Å²) in [6.07, 6.45) is 3.93. The third-order valence-corrected chi connectivity index (χ3v) is 7.13. The fourth-order valence-corrected chi connectivity index (χ4v) is 4.94. The average Bonchev–Trinajstić information content (AvgIpc) is 3.40. The molecule has 0 atom stereocenters. The molecule has 1 aliphatic heterocycles. The zero-order valence-electron chi connectivity index (χ0n) is 15.3. The van der Waals surface area contributed by atoms with Gasteiger partial charge in [0.2, 0.25) is 10.0 Å². The third-order valence-electron chi connectivity index (χ3n) is 5.21. The van der Waals surface area contributed by atoms with Crippen LogP contribution in [0.4, 0.5) is 0 Å². The number of carbonyl (C=O) groups is 1. The van der Waals surface area contributed by atoms with Crippen LogP contribution in [0.1, 0.15) is 56.8 Å². The van der Waals surface area contributed by atoms with Gasteiger partial charge in [-0.1, -0.05) is 6.92 Å². The number of nitrogens with zero attached hydrogens (tertiary/aromatic N) is 2. The maximum absolute atomic E-state index is 12.8. The summed E-state index contributed by atoms with van der Waals surface area (Å²) >= 11 is 0. The lowest BCUT2D eigenvalue weighted by atomic mass is 10.0. The smallest absolute Gasteiger partial charge is 0.254 e. The first-order valence-electron chi connectivity index (χ1n) is 9.23. The van der Waals surface area contributed by atoms with Gasteiger partial charge in [-0.25, -0.2) is 8.42 Å². The largest absolute Gasteiger partial charge is 0.333 e. The van der Waals surface area contributed by atoms with Crippen LogP contribution >= 0.6 is 0 Å². The van der Waals surface area contributed by atoms with Gasteiger partial charge >= 0.3 is 0 Å². The van der Waals surface area contributed by atoms with Crippen LogP contribution in [-0.4, -0.2) is 48.7 Å². The van der Waals surface area contributed by atoms with E-state index >= 15 is 0 Å². The summed E-state index contributed by atoms with van der Waals surface area (Å²) in [7, 11) is -3.46. The molecule has 1 aromatic rings. The van der Waals surface area contributed by atoms with E-state index in [2.05, 4.69) is 6.92 Å². The number of hydrogen-bond acceptors (Lipinski definition) is 3. The number of carbonyl (C=O) groups excluding carboxylic acids is 1. The normalized spacial score (nSPS) is 20.0. The van der Waals surface area contributed by atoms with Gasteiger partial charge in [-0.3, -0.25) is 4.79 Å². The summed E-state index contributed by atoms with van der Waals surface area (Å²) in [5.41, 5.74) is 0.562. The minimum absolute atomic E-state index is 0.00625. The van der Waals surface area contributed by atoms with E-state index in [9.17, 15) is 13.2 Å². The fourth-order valence-electron chi connectivity index (χ4n) is 3.47. The van der Waals surface area contributed by atoms with Crippen LogP contribution in [0.5, 0.6) is 0 Å². The Labute approximate surface area is 151 Å². The minimum Gasteiger partial charge on any atom is -0.333 e. The van der Waals surface area contributed by atoms with Gasteiger partial charge in [0, 0.05) is 30.7 Å². The van der Waals surface area contributed by atoms with Crippen molar-refractivity contribution in [2.75, 3.05) is 13.1 Å².